The van der Waals surface area contributed by atoms with E-state index in [1.54, 1.807) is 6.07 Å². The zero-order chi connectivity index (χ0) is 16.2. The topological polar surface area (TPSA) is 92.4 Å². The average molecular weight is 292 g/mol. The molecule has 0 radical (unpaired) electrons. The summed E-state index contributed by atoms with van der Waals surface area (Å²) in [5.74, 6) is -1.22. The van der Waals surface area contributed by atoms with Crippen LogP contribution in [0.1, 0.15) is 49.5 Å². The van der Waals surface area contributed by atoms with E-state index in [9.17, 15) is 9.59 Å². The number of carbonyl (C=O) groups excluding carboxylic acids is 1. The van der Waals surface area contributed by atoms with Crippen molar-refractivity contribution in [3.8, 4) is 0 Å². The lowest BCUT2D eigenvalue weighted by molar-refractivity contribution is -0.116. The van der Waals surface area contributed by atoms with Gasteiger partial charge in [-0.1, -0.05) is 26.8 Å². The Bertz CT molecular complexity index is 533. The molecule has 0 heterocycles. The fourth-order valence-corrected chi connectivity index (χ4v) is 2.19. The summed E-state index contributed by atoms with van der Waals surface area (Å²) in [5, 5.41) is 11.7. The minimum absolute atomic E-state index is 0.0683. The molecule has 0 saturated heterocycles. The second kappa shape index (κ2) is 6.72. The lowest BCUT2D eigenvalue weighted by atomic mass is 9.87. The molecule has 1 aromatic carbocycles. The van der Waals surface area contributed by atoms with Crippen molar-refractivity contribution in [1.82, 2.24) is 0 Å². The molecular formula is C16H24N2O3. The van der Waals surface area contributed by atoms with Gasteiger partial charge in [-0.25, -0.2) is 4.79 Å². The maximum atomic E-state index is 12.0. The van der Waals surface area contributed by atoms with Gasteiger partial charge in [-0.2, -0.15) is 0 Å². The van der Waals surface area contributed by atoms with E-state index >= 15 is 0 Å². The monoisotopic (exact) mass is 292 g/mol. The molecule has 5 heteroatoms. The van der Waals surface area contributed by atoms with Gasteiger partial charge in [0, 0.05) is 18.2 Å². The highest BCUT2D eigenvalue weighted by Crippen LogP contribution is 2.22. The van der Waals surface area contributed by atoms with Crippen LogP contribution in [-0.2, 0) is 4.79 Å². The molecule has 0 spiro atoms. The summed E-state index contributed by atoms with van der Waals surface area (Å²) in [6.45, 7) is 8.04. The average Bonchev–Trinajstić information content (AvgIpc) is 2.28. The summed E-state index contributed by atoms with van der Waals surface area (Å²) >= 11 is 0. The summed E-state index contributed by atoms with van der Waals surface area (Å²) in [6, 6.07) is 4.44. The molecule has 1 amide bonds. The predicted octanol–water partition coefficient (Wildman–Crippen LogP) is 2.79. The number of hydrogen-bond donors (Lipinski definition) is 3. The Kier molecular flexibility index (Phi) is 5.49. The minimum atomic E-state index is -1.02. The Hall–Kier alpha value is -1.88. The lowest BCUT2D eigenvalue weighted by Gasteiger charge is -2.22. The standard InChI is InChI=1S/C16H24N2O3/c1-10-5-6-11(15(20)21)7-13(10)18-14(19)8-12(17)9-16(2,3)4/h5-7,12H,8-9,17H2,1-4H3,(H,18,19)(H,20,21). The van der Waals surface area contributed by atoms with E-state index in [0.717, 1.165) is 12.0 Å². The molecule has 21 heavy (non-hydrogen) atoms. The number of carboxylic acid groups (broad SMARTS) is 1. The molecule has 1 rings (SSSR count). The Morgan fingerprint density at radius 2 is 1.95 bits per heavy atom. The molecule has 0 aliphatic carbocycles. The van der Waals surface area contributed by atoms with Crippen molar-refractivity contribution in [2.75, 3.05) is 5.32 Å². The van der Waals surface area contributed by atoms with Crippen LogP contribution >= 0.6 is 0 Å². The normalized spacial score (nSPS) is 12.8. The summed E-state index contributed by atoms with van der Waals surface area (Å²) < 4.78 is 0. The van der Waals surface area contributed by atoms with Gasteiger partial charge in [0.25, 0.3) is 0 Å². The molecule has 116 valence electrons. The molecule has 1 unspecified atom stereocenters. The molecule has 0 aliphatic rings. The van der Waals surface area contributed by atoms with Gasteiger partial charge in [0.05, 0.1) is 5.56 Å². The molecule has 0 aliphatic heterocycles. The zero-order valence-corrected chi connectivity index (χ0v) is 13.1. The van der Waals surface area contributed by atoms with Crippen molar-refractivity contribution in [3.05, 3.63) is 29.3 Å². The first kappa shape index (κ1) is 17.2. The largest absolute Gasteiger partial charge is 0.478 e. The Balaban J connectivity index is 2.71. The SMILES string of the molecule is Cc1ccc(C(=O)O)cc1NC(=O)CC(N)CC(C)(C)C. The number of hydrogen-bond acceptors (Lipinski definition) is 3. The second-order valence-corrected chi connectivity index (χ2v) is 6.61. The Morgan fingerprint density at radius 1 is 1.33 bits per heavy atom. The van der Waals surface area contributed by atoms with Crippen LogP contribution < -0.4 is 11.1 Å². The van der Waals surface area contributed by atoms with E-state index in [0.29, 0.717) is 5.69 Å². The molecular weight excluding hydrogens is 268 g/mol. The lowest BCUT2D eigenvalue weighted by Crippen LogP contribution is -2.31. The molecule has 0 saturated carbocycles. The minimum Gasteiger partial charge on any atom is -0.478 e. The Morgan fingerprint density at radius 3 is 2.48 bits per heavy atom. The van der Waals surface area contributed by atoms with Crippen LogP contribution in [0.4, 0.5) is 5.69 Å². The van der Waals surface area contributed by atoms with Crippen LogP contribution in [0.2, 0.25) is 0 Å². The van der Waals surface area contributed by atoms with Crippen LogP contribution in [0.3, 0.4) is 0 Å². The van der Waals surface area contributed by atoms with E-state index in [4.69, 9.17) is 10.8 Å². The fraction of sp³-hybridized carbons (Fsp3) is 0.500. The summed E-state index contributed by atoms with van der Waals surface area (Å²) in [7, 11) is 0. The first-order valence-electron chi connectivity index (χ1n) is 6.98. The van der Waals surface area contributed by atoms with E-state index in [1.807, 2.05) is 6.92 Å². The number of nitrogens with two attached hydrogens (primary N) is 1. The third-order valence-corrected chi connectivity index (χ3v) is 3.08. The summed E-state index contributed by atoms with van der Waals surface area (Å²) in [6.07, 6.45) is 0.961. The third kappa shape index (κ3) is 5.95. The first-order chi connectivity index (χ1) is 9.58. The highest BCUT2D eigenvalue weighted by Gasteiger charge is 2.18. The number of amides is 1. The number of carboxylic acids is 1. The number of anilines is 1. The first-order valence-corrected chi connectivity index (χ1v) is 6.98. The molecule has 0 aromatic heterocycles. The van der Waals surface area contributed by atoms with Gasteiger partial charge >= 0.3 is 5.97 Å². The number of rotatable bonds is 5. The van der Waals surface area contributed by atoms with Gasteiger partial charge < -0.3 is 16.2 Å². The summed E-state index contributed by atoms with van der Waals surface area (Å²) in [5.41, 5.74) is 7.53. The van der Waals surface area contributed by atoms with Crippen LogP contribution in [-0.4, -0.2) is 23.0 Å². The van der Waals surface area contributed by atoms with Crippen LogP contribution in [0, 0.1) is 12.3 Å². The number of aryl methyl sites for hydroxylation is 1. The van der Waals surface area contributed by atoms with Crippen LogP contribution in [0.15, 0.2) is 18.2 Å². The fourth-order valence-electron chi connectivity index (χ4n) is 2.19. The third-order valence-electron chi connectivity index (χ3n) is 3.08. The molecule has 1 aromatic rings. The molecule has 1 atom stereocenters. The highest BCUT2D eigenvalue weighted by atomic mass is 16.4. The molecule has 5 nitrogen and oxygen atoms in total. The molecule has 4 N–H and O–H groups in total. The van der Waals surface area contributed by atoms with Gasteiger partial charge in [-0.15, -0.1) is 0 Å². The number of carbonyl (C=O) groups is 2. The highest BCUT2D eigenvalue weighted by molar-refractivity contribution is 5.94. The summed E-state index contributed by atoms with van der Waals surface area (Å²) in [4.78, 5) is 23.0. The maximum Gasteiger partial charge on any atom is 0.335 e. The van der Waals surface area contributed by atoms with E-state index in [-0.39, 0.29) is 29.3 Å². The maximum absolute atomic E-state index is 12.0. The van der Waals surface area contributed by atoms with Gasteiger partial charge in [0.1, 0.15) is 0 Å². The van der Waals surface area contributed by atoms with E-state index < -0.39 is 5.97 Å². The van der Waals surface area contributed by atoms with E-state index in [1.165, 1.54) is 12.1 Å². The Labute approximate surface area is 125 Å². The quantitative estimate of drug-likeness (QED) is 0.778. The van der Waals surface area contributed by atoms with Gasteiger partial charge in [0.15, 0.2) is 0 Å². The number of aromatic carboxylic acids is 1. The zero-order valence-electron chi connectivity index (χ0n) is 13.1. The number of benzene rings is 1. The van der Waals surface area contributed by atoms with Crippen molar-refractivity contribution in [3.63, 3.8) is 0 Å². The molecule has 0 fully saturated rings. The smallest absolute Gasteiger partial charge is 0.335 e. The van der Waals surface area contributed by atoms with Gasteiger partial charge in [-0.05, 0) is 36.5 Å². The second-order valence-electron chi connectivity index (χ2n) is 6.61. The van der Waals surface area contributed by atoms with Crippen molar-refractivity contribution < 1.29 is 14.7 Å². The van der Waals surface area contributed by atoms with Gasteiger partial charge in [0.2, 0.25) is 5.91 Å². The predicted molar refractivity (Wildman–Crippen MR) is 83.4 cm³/mol. The van der Waals surface area contributed by atoms with Crippen molar-refractivity contribution >= 4 is 17.6 Å². The number of nitrogens with one attached hydrogen (secondary N) is 1. The van der Waals surface area contributed by atoms with Crippen LogP contribution in [0.5, 0.6) is 0 Å². The van der Waals surface area contributed by atoms with Crippen molar-refractivity contribution in [1.29, 1.82) is 0 Å². The van der Waals surface area contributed by atoms with Gasteiger partial charge in [-0.3, -0.25) is 4.79 Å². The van der Waals surface area contributed by atoms with E-state index in [2.05, 4.69) is 26.1 Å². The van der Waals surface area contributed by atoms with Crippen LogP contribution in [0.25, 0.3) is 0 Å². The van der Waals surface area contributed by atoms with Crippen molar-refractivity contribution in [2.24, 2.45) is 11.1 Å². The van der Waals surface area contributed by atoms with Crippen molar-refractivity contribution in [2.45, 2.75) is 46.6 Å². The molecule has 0 bridgehead atoms.